The first kappa shape index (κ1) is 12.8. The summed E-state index contributed by atoms with van der Waals surface area (Å²) in [6.07, 6.45) is 1.54. The van der Waals surface area contributed by atoms with Gasteiger partial charge >= 0.3 is 0 Å². The van der Waals surface area contributed by atoms with Crippen LogP contribution in [0.1, 0.15) is 11.8 Å². The fraction of sp³-hybridized carbons (Fsp3) is 0.333. The molecular weight excluding hydrogens is 246 g/mol. The zero-order valence-corrected chi connectivity index (χ0v) is 11.1. The topological polar surface area (TPSA) is 75.9 Å². The number of aromatic nitrogens is 2. The number of rotatable bonds is 6. The number of nitrogens with one attached hydrogen (secondary N) is 2. The van der Waals surface area contributed by atoms with Crippen molar-refractivity contribution in [2.24, 2.45) is 5.73 Å². The Morgan fingerprint density at radius 1 is 1.39 bits per heavy atom. The van der Waals surface area contributed by atoms with E-state index in [9.17, 15) is 0 Å². The average molecular weight is 263 g/mol. The molecule has 0 saturated heterocycles. The lowest BCUT2D eigenvalue weighted by Gasteiger charge is -2.12. The third-order valence-corrected chi connectivity index (χ3v) is 3.32. The van der Waals surface area contributed by atoms with Gasteiger partial charge in [-0.2, -0.15) is 0 Å². The molecule has 4 N–H and O–H groups in total. The molecule has 6 heteroatoms. The van der Waals surface area contributed by atoms with Crippen molar-refractivity contribution in [2.75, 3.05) is 17.2 Å². The molecule has 0 aliphatic rings. The highest BCUT2D eigenvalue weighted by atomic mass is 32.1. The SMILES string of the molecule is CC(CN)Nc1cc(NCc2cccs2)ncn1. The summed E-state index contributed by atoms with van der Waals surface area (Å²) in [5, 5.41) is 8.54. The van der Waals surface area contributed by atoms with E-state index in [0.29, 0.717) is 6.54 Å². The number of nitrogens with zero attached hydrogens (tertiary/aromatic N) is 2. The first-order chi connectivity index (χ1) is 8.78. The van der Waals surface area contributed by atoms with Crippen LogP contribution in [0.2, 0.25) is 0 Å². The molecule has 0 bridgehead atoms. The molecule has 0 amide bonds. The molecule has 2 rings (SSSR count). The standard InChI is InChI=1S/C12H17N5S/c1-9(6-13)17-12-5-11(15-8-16-12)14-7-10-3-2-4-18-10/h2-5,8-9H,6-7,13H2,1H3,(H2,14,15,16,17). The lowest BCUT2D eigenvalue weighted by Crippen LogP contribution is -2.25. The molecule has 0 spiro atoms. The van der Waals surface area contributed by atoms with Crippen molar-refractivity contribution in [2.45, 2.75) is 19.5 Å². The first-order valence-electron chi connectivity index (χ1n) is 5.83. The van der Waals surface area contributed by atoms with Crippen LogP contribution in [-0.2, 0) is 6.54 Å². The summed E-state index contributed by atoms with van der Waals surface area (Å²) in [5.41, 5.74) is 5.56. The fourth-order valence-electron chi connectivity index (χ4n) is 1.44. The first-order valence-corrected chi connectivity index (χ1v) is 6.71. The molecule has 1 atom stereocenters. The van der Waals surface area contributed by atoms with Gasteiger partial charge in [0.25, 0.3) is 0 Å². The Bertz CT molecular complexity index is 471. The van der Waals surface area contributed by atoms with Gasteiger partial charge in [-0.3, -0.25) is 0 Å². The van der Waals surface area contributed by atoms with E-state index in [4.69, 9.17) is 5.73 Å². The van der Waals surface area contributed by atoms with Crippen LogP contribution in [0.4, 0.5) is 11.6 Å². The maximum absolute atomic E-state index is 5.56. The second kappa shape index (κ2) is 6.32. The smallest absolute Gasteiger partial charge is 0.131 e. The number of hydrogen-bond donors (Lipinski definition) is 3. The van der Waals surface area contributed by atoms with Crippen LogP contribution in [0.15, 0.2) is 29.9 Å². The Morgan fingerprint density at radius 3 is 2.94 bits per heavy atom. The van der Waals surface area contributed by atoms with E-state index in [-0.39, 0.29) is 6.04 Å². The highest BCUT2D eigenvalue weighted by Crippen LogP contribution is 2.13. The molecule has 2 aromatic heterocycles. The van der Waals surface area contributed by atoms with E-state index in [1.807, 2.05) is 19.1 Å². The second-order valence-electron chi connectivity index (χ2n) is 4.00. The predicted octanol–water partition coefficient (Wildman–Crippen LogP) is 1.91. The van der Waals surface area contributed by atoms with Crippen LogP contribution in [0.25, 0.3) is 0 Å². The van der Waals surface area contributed by atoms with Gasteiger partial charge in [0.05, 0.1) is 6.54 Å². The van der Waals surface area contributed by atoms with Crippen molar-refractivity contribution in [3.63, 3.8) is 0 Å². The van der Waals surface area contributed by atoms with Crippen molar-refractivity contribution in [1.29, 1.82) is 0 Å². The van der Waals surface area contributed by atoms with E-state index >= 15 is 0 Å². The number of hydrogen-bond acceptors (Lipinski definition) is 6. The molecule has 2 aromatic rings. The molecule has 18 heavy (non-hydrogen) atoms. The molecule has 96 valence electrons. The van der Waals surface area contributed by atoms with Gasteiger partial charge in [0.2, 0.25) is 0 Å². The molecule has 5 nitrogen and oxygen atoms in total. The Labute approximate surface area is 110 Å². The maximum atomic E-state index is 5.56. The summed E-state index contributed by atoms with van der Waals surface area (Å²) < 4.78 is 0. The summed E-state index contributed by atoms with van der Waals surface area (Å²) in [6, 6.07) is 6.22. The molecule has 0 aliphatic carbocycles. The molecule has 0 saturated carbocycles. The third kappa shape index (κ3) is 3.68. The maximum Gasteiger partial charge on any atom is 0.131 e. The van der Waals surface area contributed by atoms with E-state index < -0.39 is 0 Å². The van der Waals surface area contributed by atoms with E-state index in [1.165, 1.54) is 4.88 Å². The summed E-state index contributed by atoms with van der Waals surface area (Å²) in [6.45, 7) is 3.36. The highest BCUT2D eigenvalue weighted by molar-refractivity contribution is 7.09. The van der Waals surface area contributed by atoms with E-state index in [1.54, 1.807) is 17.7 Å². The van der Waals surface area contributed by atoms with Crippen LogP contribution in [0, 0.1) is 0 Å². The van der Waals surface area contributed by atoms with Gasteiger partial charge in [-0.1, -0.05) is 6.07 Å². The minimum absolute atomic E-state index is 0.199. The van der Waals surface area contributed by atoms with Crippen molar-refractivity contribution < 1.29 is 0 Å². The number of anilines is 2. The number of nitrogens with two attached hydrogens (primary N) is 1. The normalized spacial score (nSPS) is 12.1. The van der Waals surface area contributed by atoms with Gasteiger partial charge in [0, 0.05) is 23.5 Å². The lowest BCUT2D eigenvalue weighted by molar-refractivity contribution is 0.797. The monoisotopic (exact) mass is 263 g/mol. The zero-order chi connectivity index (χ0) is 12.8. The van der Waals surface area contributed by atoms with Gasteiger partial charge in [-0.25, -0.2) is 9.97 Å². The lowest BCUT2D eigenvalue weighted by atomic mass is 10.3. The van der Waals surface area contributed by atoms with Gasteiger partial charge in [0.15, 0.2) is 0 Å². The predicted molar refractivity (Wildman–Crippen MR) is 75.8 cm³/mol. The minimum atomic E-state index is 0.199. The second-order valence-corrected chi connectivity index (χ2v) is 5.03. The fourth-order valence-corrected chi connectivity index (χ4v) is 2.08. The molecule has 0 aliphatic heterocycles. The molecule has 0 fully saturated rings. The van der Waals surface area contributed by atoms with Crippen molar-refractivity contribution in [1.82, 2.24) is 9.97 Å². The Kier molecular flexibility index (Phi) is 4.49. The average Bonchev–Trinajstić information content (AvgIpc) is 2.90. The largest absolute Gasteiger partial charge is 0.366 e. The minimum Gasteiger partial charge on any atom is -0.366 e. The number of thiophene rings is 1. The quantitative estimate of drug-likeness (QED) is 0.742. The van der Waals surface area contributed by atoms with Gasteiger partial charge in [-0.05, 0) is 18.4 Å². The van der Waals surface area contributed by atoms with Crippen molar-refractivity contribution in [3.8, 4) is 0 Å². The van der Waals surface area contributed by atoms with Gasteiger partial charge < -0.3 is 16.4 Å². The van der Waals surface area contributed by atoms with Crippen molar-refractivity contribution >= 4 is 23.0 Å². The van der Waals surface area contributed by atoms with Crippen LogP contribution in [-0.4, -0.2) is 22.6 Å². The highest BCUT2D eigenvalue weighted by Gasteiger charge is 2.02. The molecule has 0 aromatic carbocycles. The molecule has 2 heterocycles. The van der Waals surface area contributed by atoms with Gasteiger partial charge in [-0.15, -0.1) is 11.3 Å². The van der Waals surface area contributed by atoms with Gasteiger partial charge in [0.1, 0.15) is 18.0 Å². The summed E-state index contributed by atoms with van der Waals surface area (Å²) in [7, 11) is 0. The molecule has 1 unspecified atom stereocenters. The zero-order valence-electron chi connectivity index (χ0n) is 10.3. The summed E-state index contributed by atoms with van der Waals surface area (Å²) in [4.78, 5) is 9.62. The Balaban J connectivity index is 1.94. The molecule has 0 radical (unpaired) electrons. The van der Waals surface area contributed by atoms with Crippen LogP contribution in [0.5, 0.6) is 0 Å². The van der Waals surface area contributed by atoms with Crippen molar-refractivity contribution in [3.05, 3.63) is 34.8 Å². The summed E-state index contributed by atoms with van der Waals surface area (Å²) in [5.74, 6) is 1.60. The molecular formula is C12H17N5S. The van der Waals surface area contributed by atoms with E-state index in [0.717, 1.165) is 18.2 Å². The van der Waals surface area contributed by atoms with Crippen LogP contribution < -0.4 is 16.4 Å². The van der Waals surface area contributed by atoms with E-state index in [2.05, 4.69) is 32.0 Å². The van der Waals surface area contributed by atoms with Crippen LogP contribution in [0.3, 0.4) is 0 Å². The Morgan fingerprint density at radius 2 is 2.22 bits per heavy atom. The summed E-state index contributed by atoms with van der Waals surface area (Å²) >= 11 is 1.72. The Hall–Kier alpha value is -1.66. The third-order valence-electron chi connectivity index (χ3n) is 2.44. The van der Waals surface area contributed by atoms with Crippen LogP contribution >= 0.6 is 11.3 Å².